The maximum atomic E-state index is 5.14. The minimum absolute atomic E-state index is 0.644. The van der Waals surface area contributed by atoms with E-state index in [2.05, 4.69) is 36.9 Å². The number of imidazole rings is 1. The van der Waals surface area contributed by atoms with Crippen molar-refractivity contribution in [3.05, 3.63) is 61.2 Å². The van der Waals surface area contributed by atoms with Gasteiger partial charge in [0.25, 0.3) is 0 Å². The first-order valence-corrected chi connectivity index (χ1v) is 8.56. The highest BCUT2D eigenvalue weighted by Gasteiger charge is 2.11. The lowest BCUT2D eigenvalue weighted by atomic mass is 10.1. The number of benzene rings is 1. The smallest absolute Gasteiger partial charge is 0.140 e. The SMILES string of the molecule is COCCn1cnnc1CCn1ccnc1-c1cccc2cnccc12. The van der Waals surface area contributed by atoms with E-state index in [1.165, 1.54) is 0 Å². The topological polar surface area (TPSA) is 70.7 Å². The Kier molecular flexibility index (Phi) is 4.70. The minimum Gasteiger partial charge on any atom is -0.383 e. The number of hydrogen-bond donors (Lipinski definition) is 0. The van der Waals surface area contributed by atoms with Gasteiger partial charge in [0, 0.05) is 62.4 Å². The molecule has 0 bridgehead atoms. The highest BCUT2D eigenvalue weighted by Crippen LogP contribution is 2.27. The molecule has 7 heteroatoms. The molecule has 7 nitrogen and oxygen atoms in total. The standard InChI is InChI=1S/C19H20N6O/c1-26-12-11-25-14-22-23-18(25)6-9-24-10-8-21-19(24)17-4-2-3-15-13-20-7-5-16(15)17/h2-5,7-8,10,13-14H,6,9,11-12H2,1H3. The molecule has 3 aromatic heterocycles. The van der Waals surface area contributed by atoms with Gasteiger partial charge < -0.3 is 13.9 Å². The second-order valence-corrected chi connectivity index (χ2v) is 6.03. The summed E-state index contributed by atoms with van der Waals surface area (Å²) in [6.07, 6.45) is 10.1. The lowest BCUT2D eigenvalue weighted by Gasteiger charge is -2.11. The van der Waals surface area contributed by atoms with Crippen molar-refractivity contribution in [3.63, 3.8) is 0 Å². The van der Waals surface area contributed by atoms with Crippen LogP contribution in [0.1, 0.15) is 5.82 Å². The molecule has 0 fully saturated rings. The van der Waals surface area contributed by atoms with Crippen LogP contribution in [0.5, 0.6) is 0 Å². The van der Waals surface area contributed by atoms with E-state index >= 15 is 0 Å². The Morgan fingerprint density at radius 2 is 2.04 bits per heavy atom. The van der Waals surface area contributed by atoms with Crippen molar-refractivity contribution in [2.75, 3.05) is 13.7 Å². The van der Waals surface area contributed by atoms with Crippen LogP contribution in [0.4, 0.5) is 0 Å². The Hall–Kier alpha value is -3.06. The quantitative estimate of drug-likeness (QED) is 0.513. The zero-order valence-electron chi connectivity index (χ0n) is 14.6. The van der Waals surface area contributed by atoms with Crippen LogP contribution in [0.25, 0.3) is 22.2 Å². The fourth-order valence-electron chi connectivity index (χ4n) is 3.12. The summed E-state index contributed by atoms with van der Waals surface area (Å²) in [5.74, 6) is 1.90. The summed E-state index contributed by atoms with van der Waals surface area (Å²) in [4.78, 5) is 8.79. The predicted molar refractivity (Wildman–Crippen MR) is 98.6 cm³/mol. The van der Waals surface area contributed by atoms with Gasteiger partial charge in [0.05, 0.1) is 6.61 Å². The number of aryl methyl sites for hydroxylation is 2. The summed E-state index contributed by atoms with van der Waals surface area (Å²) in [6.45, 7) is 2.18. The Morgan fingerprint density at radius 3 is 2.96 bits per heavy atom. The fourth-order valence-corrected chi connectivity index (χ4v) is 3.12. The average molecular weight is 348 g/mol. The van der Waals surface area contributed by atoms with Gasteiger partial charge in [-0.3, -0.25) is 4.98 Å². The number of nitrogens with zero attached hydrogens (tertiary/aromatic N) is 6. The molecular formula is C19H20N6O. The fraction of sp³-hybridized carbons (Fsp3) is 0.263. The first-order valence-electron chi connectivity index (χ1n) is 8.56. The lowest BCUT2D eigenvalue weighted by Crippen LogP contribution is -2.11. The van der Waals surface area contributed by atoms with Crippen LogP contribution in [0.15, 0.2) is 55.4 Å². The van der Waals surface area contributed by atoms with Crippen molar-refractivity contribution in [3.8, 4) is 11.4 Å². The molecule has 3 heterocycles. The first-order chi connectivity index (χ1) is 12.9. The molecule has 0 spiro atoms. The van der Waals surface area contributed by atoms with Crippen molar-refractivity contribution < 1.29 is 4.74 Å². The zero-order valence-corrected chi connectivity index (χ0v) is 14.6. The summed E-state index contributed by atoms with van der Waals surface area (Å²) in [6, 6.07) is 8.24. The van der Waals surface area contributed by atoms with E-state index in [9.17, 15) is 0 Å². The highest BCUT2D eigenvalue weighted by atomic mass is 16.5. The summed E-state index contributed by atoms with van der Waals surface area (Å²) in [7, 11) is 1.70. The Bertz CT molecular complexity index is 1000. The Labute approximate surface area is 151 Å². The molecule has 0 aliphatic carbocycles. The molecule has 0 atom stereocenters. The molecule has 0 aliphatic heterocycles. The number of rotatable bonds is 7. The number of aromatic nitrogens is 6. The molecule has 0 unspecified atom stereocenters. The van der Waals surface area contributed by atoms with Gasteiger partial charge in [-0.05, 0) is 11.5 Å². The van der Waals surface area contributed by atoms with Crippen LogP contribution >= 0.6 is 0 Å². The second-order valence-electron chi connectivity index (χ2n) is 6.03. The van der Waals surface area contributed by atoms with E-state index in [-0.39, 0.29) is 0 Å². The summed E-state index contributed by atoms with van der Waals surface area (Å²) >= 11 is 0. The van der Waals surface area contributed by atoms with E-state index < -0.39 is 0 Å². The first kappa shape index (κ1) is 16.4. The third-order valence-corrected chi connectivity index (χ3v) is 4.45. The molecule has 0 saturated heterocycles. The molecule has 0 saturated carbocycles. The van der Waals surface area contributed by atoms with Crippen molar-refractivity contribution in [1.82, 2.24) is 29.3 Å². The summed E-state index contributed by atoms with van der Waals surface area (Å²) in [5, 5.41) is 10.5. The Morgan fingerprint density at radius 1 is 1.08 bits per heavy atom. The van der Waals surface area contributed by atoms with E-state index in [0.29, 0.717) is 6.61 Å². The number of methoxy groups -OCH3 is 1. The molecule has 4 rings (SSSR count). The van der Waals surface area contributed by atoms with E-state index in [1.807, 2.05) is 41.5 Å². The van der Waals surface area contributed by atoms with Crippen LogP contribution in [0, 0.1) is 0 Å². The van der Waals surface area contributed by atoms with Crippen LogP contribution in [-0.2, 0) is 24.2 Å². The average Bonchev–Trinajstić information content (AvgIpc) is 3.33. The van der Waals surface area contributed by atoms with Crippen molar-refractivity contribution in [2.24, 2.45) is 0 Å². The van der Waals surface area contributed by atoms with Gasteiger partial charge >= 0.3 is 0 Å². The van der Waals surface area contributed by atoms with Crippen LogP contribution < -0.4 is 0 Å². The largest absolute Gasteiger partial charge is 0.383 e. The third-order valence-electron chi connectivity index (χ3n) is 4.45. The maximum absolute atomic E-state index is 5.14. The van der Waals surface area contributed by atoms with Gasteiger partial charge in [0.1, 0.15) is 18.0 Å². The van der Waals surface area contributed by atoms with Gasteiger partial charge in [0.2, 0.25) is 0 Å². The molecule has 132 valence electrons. The normalized spacial score (nSPS) is 11.3. The molecule has 0 amide bonds. The number of fused-ring (bicyclic) bond motifs is 1. The van der Waals surface area contributed by atoms with Crippen LogP contribution in [-0.4, -0.2) is 43.0 Å². The van der Waals surface area contributed by atoms with Gasteiger partial charge in [-0.2, -0.15) is 0 Å². The third kappa shape index (κ3) is 3.21. The minimum atomic E-state index is 0.644. The van der Waals surface area contributed by atoms with Crippen LogP contribution in [0.2, 0.25) is 0 Å². The summed E-state index contributed by atoms with van der Waals surface area (Å²) < 4.78 is 9.33. The molecule has 0 radical (unpaired) electrons. The highest BCUT2D eigenvalue weighted by molar-refractivity contribution is 5.94. The number of ether oxygens (including phenoxy) is 1. The van der Waals surface area contributed by atoms with Gasteiger partial charge in [-0.1, -0.05) is 18.2 Å². The van der Waals surface area contributed by atoms with E-state index in [4.69, 9.17) is 4.74 Å². The molecule has 26 heavy (non-hydrogen) atoms. The molecule has 4 aromatic rings. The summed E-state index contributed by atoms with van der Waals surface area (Å²) in [5.41, 5.74) is 1.11. The van der Waals surface area contributed by atoms with Gasteiger partial charge in [0.15, 0.2) is 0 Å². The maximum Gasteiger partial charge on any atom is 0.140 e. The molecular weight excluding hydrogens is 328 g/mol. The van der Waals surface area contributed by atoms with Crippen molar-refractivity contribution in [2.45, 2.75) is 19.5 Å². The number of hydrogen-bond acceptors (Lipinski definition) is 5. The lowest BCUT2D eigenvalue weighted by molar-refractivity contribution is 0.186. The second kappa shape index (κ2) is 7.45. The van der Waals surface area contributed by atoms with Crippen molar-refractivity contribution >= 4 is 10.8 Å². The molecule has 0 aliphatic rings. The van der Waals surface area contributed by atoms with Gasteiger partial charge in [-0.25, -0.2) is 4.98 Å². The van der Waals surface area contributed by atoms with E-state index in [1.54, 1.807) is 13.4 Å². The molecule has 1 aromatic carbocycles. The molecule has 0 N–H and O–H groups in total. The predicted octanol–water partition coefficient (Wildman–Crippen LogP) is 2.58. The van der Waals surface area contributed by atoms with Crippen molar-refractivity contribution in [1.29, 1.82) is 0 Å². The zero-order chi connectivity index (χ0) is 17.8. The van der Waals surface area contributed by atoms with Gasteiger partial charge in [-0.15, -0.1) is 10.2 Å². The van der Waals surface area contributed by atoms with E-state index in [0.717, 1.165) is 47.5 Å². The van der Waals surface area contributed by atoms with Crippen LogP contribution in [0.3, 0.4) is 0 Å². The monoisotopic (exact) mass is 348 g/mol. The Balaban J connectivity index is 1.59. The number of pyridine rings is 1.